The molecule has 8 heteroatoms. The molecule has 0 saturated carbocycles. The van der Waals surface area contributed by atoms with Gasteiger partial charge in [0.15, 0.2) is 10.9 Å². The molecule has 7 nitrogen and oxygen atoms in total. The molecule has 0 bridgehead atoms. The van der Waals surface area contributed by atoms with Gasteiger partial charge >= 0.3 is 0 Å². The van der Waals surface area contributed by atoms with E-state index in [2.05, 4.69) is 44.7 Å². The van der Waals surface area contributed by atoms with E-state index in [1.807, 2.05) is 61.1 Å². The summed E-state index contributed by atoms with van der Waals surface area (Å²) in [5.41, 5.74) is 3.01. The van der Waals surface area contributed by atoms with Crippen molar-refractivity contribution < 1.29 is 9.21 Å². The lowest BCUT2D eigenvalue weighted by atomic mass is 10.2. The predicted octanol–water partition coefficient (Wildman–Crippen LogP) is 4.38. The maximum Gasteiger partial charge on any atom is 0.234 e. The molecular weight excluding hydrogens is 410 g/mol. The highest BCUT2D eigenvalue weighted by Crippen LogP contribution is 2.26. The molecule has 0 saturated heterocycles. The third-order valence-corrected chi connectivity index (χ3v) is 5.61. The fraction of sp³-hybridized carbons (Fsp3) is 0.174. The Morgan fingerprint density at radius 1 is 1.03 bits per heavy atom. The van der Waals surface area contributed by atoms with E-state index >= 15 is 0 Å². The first-order valence-corrected chi connectivity index (χ1v) is 10.8. The molecule has 2 aromatic carbocycles. The SMILES string of the molecule is CN(C)c1ccc(Cn2c(SCC(=O)Nc3ccccc3)nnc2-c2ccco2)cc1. The zero-order valence-corrected chi connectivity index (χ0v) is 18.2. The summed E-state index contributed by atoms with van der Waals surface area (Å²) in [5.74, 6) is 1.40. The summed E-state index contributed by atoms with van der Waals surface area (Å²) < 4.78 is 7.52. The Morgan fingerprint density at radius 3 is 2.48 bits per heavy atom. The van der Waals surface area contributed by atoms with Gasteiger partial charge in [-0.15, -0.1) is 10.2 Å². The molecule has 0 spiro atoms. The van der Waals surface area contributed by atoms with Gasteiger partial charge < -0.3 is 14.6 Å². The molecule has 0 aliphatic carbocycles. The van der Waals surface area contributed by atoms with Crippen molar-refractivity contribution in [3.8, 4) is 11.6 Å². The molecule has 0 aliphatic heterocycles. The minimum Gasteiger partial charge on any atom is -0.461 e. The third kappa shape index (κ3) is 5.16. The van der Waals surface area contributed by atoms with E-state index in [1.165, 1.54) is 11.8 Å². The van der Waals surface area contributed by atoms with Crippen LogP contribution in [0.2, 0.25) is 0 Å². The summed E-state index contributed by atoms with van der Waals surface area (Å²) in [5, 5.41) is 12.2. The maximum absolute atomic E-state index is 12.4. The van der Waals surface area contributed by atoms with Crippen molar-refractivity contribution in [2.75, 3.05) is 30.1 Å². The van der Waals surface area contributed by atoms with E-state index in [1.54, 1.807) is 6.26 Å². The maximum atomic E-state index is 12.4. The highest BCUT2D eigenvalue weighted by Gasteiger charge is 2.18. The molecule has 158 valence electrons. The summed E-state index contributed by atoms with van der Waals surface area (Å²) in [6.45, 7) is 0.569. The highest BCUT2D eigenvalue weighted by atomic mass is 32.2. The second kappa shape index (κ2) is 9.53. The van der Waals surface area contributed by atoms with Crippen molar-refractivity contribution in [1.29, 1.82) is 0 Å². The van der Waals surface area contributed by atoms with Gasteiger partial charge in [-0.25, -0.2) is 0 Å². The molecule has 0 unspecified atom stereocenters. The number of nitrogens with one attached hydrogen (secondary N) is 1. The van der Waals surface area contributed by atoms with E-state index in [0.29, 0.717) is 23.3 Å². The number of hydrogen-bond donors (Lipinski definition) is 1. The van der Waals surface area contributed by atoms with Crippen LogP contribution in [0.1, 0.15) is 5.56 Å². The van der Waals surface area contributed by atoms with Crippen LogP contribution in [-0.4, -0.2) is 40.5 Å². The van der Waals surface area contributed by atoms with Crippen LogP contribution in [0.4, 0.5) is 11.4 Å². The quantitative estimate of drug-likeness (QED) is 0.416. The molecule has 31 heavy (non-hydrogen) atoms. The van der Waals surface area contributed by atoms with Crippen LogP contribution < -0.4 is 10.2 Å². The van der Waals surface area contributed by atoms with Gasteiger partial charge in [0.05, 0.1) is 18.6 Å². The second-order valence-corrected chi connectivity index (χ2v) is 8.08. The van der Waals surface area contributed by atoms with Crippen LogP contribution in [0.15, 0.2) is 82.6 Å². The topological polar surface area (TPSA) is 76.2 Å². The average Bonchev–Trinajstić information content (AvgIpc) is 3.43. The fourth-order valence-corrected chi connectivity index (χ4v) is 3.79. The van der Waals surface area contributed by atoms with E-state index in [4.69, 9.17) is 4.42 Å². The number of nitrogens with zero attached hydrogens (tertiary/aromatic N) is 4. The van der Waals surface area contributed by atoms with Crippen LogP contribution in [0, 0.1) is 0 Å². The van der Waals surface area contributed by atoms with Gasteiger partial charge in [-0.2, -0.15) is 0 Å². The van der Waals surface area contributed by atoms with Crippen LogP contribution in [0.3, 0.4) is 0 Å². The predicted molar refractivity (Wildman–Crippen MR) is 123 cm³/mol. The molecule has 1 N–H and O–H groups in total. The summed E-state index contributed by atoms with van der Waals surface area (Å²) in [4.78, 5) is 14.4. The molecule has 0 atom stereocenters. The van der Waals surface area contributed by atoms with Crippen molar-refractivity contribution in [3.05, 3.63) is 78.6 Å². The van der Waals surface area contributed by atoms with Crippen molar-refractivity contribution in [2.24, 2.45) is 0 Å². The second-order valence-electron chi connectivity index (χ2n) is 7.13. The molecule has 4 aromatic rings. The summed E-state index contributed by atoms with van der Waals surface area (Å²) in [6.07, 6.45) is 1.61. The molecule has 0 fully saturated rings. The van der Waals surface area contributed by atoms with Crippen LogP contribution >= 0.6 is 11.8 Å². The van der Waals surface area contributed by atoms with Crippen molar-refractivity contribution >= 4 is 29.0 Å². The first-order chi connectivity index (χ1) is 15.1. The van der Waals surface area contributed by atoms with Gasteiger partial charge in [0.2, 0.25) is 11.7 Å². The lowest BCUT2D eigenvalue weighted by Gasteiger charge is -2.14. The minimum atomic E-state index is -0.0966. The lowest BCUT2D eigenvalue weighted by Crippen LogP contribution is -2.14. The molecule has 2 aromatic heterocycles. The number of amides is 1. The smallest absolute Gasteiger partial charge is 0.234 e. The van der Waals surface area contributed by atoms with E-state index < -0.39 is 0 Å². The first kappa shape index (κ1) is 20.7. The summed E-state index contributed by atoms with van der Waals surface area (Å²) in [7, 11) is 4.03. The fourth-order valence-electron chi connectivity index (χ4n) is 3.06. The Hall–Kier alpha value is -3.52. The standard InChI is InChI=1S/C23H23N5O2S/c1-27(2)19-12-10-17(11-13-19)15-28-22(20-9-6-14-30-20)25-26-23(28)31-16-21(29)24-18-7-4-3-5-8-18/h3-14H,15-16H2,1-2H3,(H,24,29). The first-order valence-electron chi connectivity index (χ1n) is 9.81. The minimum absolute atomic E-state index is 0.0966. The van der Waals surface area contributed by atoms with Crippen LogP contribution in [0.5, 0.6) is 0 Å². The Bertz CT molecular complexity index is 1120. The largest absolute Gasteiger partial charge is 0.461 e. The van der Waals surface area contributed by atoms with Gasteiger partial charge in [0.1, 0.15) is 0 Å². The number of carbonyl (C=O) groups excluding carboxylic acids is 1. The van der Waals surface area contributed by atoms with Crippen LogP contribution in [-0.2, 0) is 11.3 Å². The van der Waals surface area contributed by atoms with Gasteiger partial charge in [-0.3, -0.25) is 9.36 Å². The summed E-state index contributed by atoms with van der Waals surface area (Å²) in [6, 6.07) is 21.4. The number of furan rings is 1. The average molecular weight is 434 g/mol. The van der Waals surface area contributed by atoms with Crippen molar-refractivity contribution in [3.63, 3.8) is 0 Å². The number of aromatic nitrogens is 3. The number of anilines is 2. The molecule has 0 aliphatic rings. The zero-order chi connectivity index (χ0) is 21.6. The molecule has 2 heterocycles. The van der Waals surface area contributed by atoms with Gasteiger partial charge in [-0.05, 0) is 42.0 Å². The Balaban J connectivity index is 1.52. The molecule has 1 amide bonds. The van der Waals surface area contributed by atoms with Gasteiger partial charge in [0.25, 0.3) is 0 Å². The highest BCUT2D eigenvalue weighted by molar-refractivity contribution is 7.99. The van der Waals surface area contributed by atoms with E-state index in [9.17, 15) is 4.79 Å². The number of benzene rings is 2. The van der Waals surface area contributed by atoms with Crippen molar-refractivity contribution in [2.45, 2.75) is 11.7 Å². The van der Waals surface area contributed by atoms with E-state index in [-0.39, 0.29) is 11.7 Å². The third-order valence-electron chi connectivity index (χ3n) is 4.64. The summed E-state index contributed by atoms with van der Waals surface area (Å²) >= 11 is 1.35. The Labute approximate surface area is 185 Å². The van der Waals surface area contributed by atoms with Gasteiger partial charge in [-0.1, -0.05) is 42.1 Å². The normalized spacial score (nSPS) is 10.8. The van der Waals surface area contributed by atoms with Gasteiger partial charge in [0, 0.05) is 25.5 Å². The Morgan fingerprint density at radius 2 is 1.81 bits per heavy atom. The lowest BCUT2D eigenvalue weighted by molar-refractivity contribution is -0.113. The molecule has 0 radical (unpaired) electrons. The number of rotatable bonds is 8. The number of thioether (sulfide) groups is 1. The van der Waals surface area contributed by atoms with Crippen LogP contribution in [0.25, 0.3) is 11.6 Å². The zero-order valence-electron chi connectivity index (χ0n) is 17.4. The Kier molecular flexibility index (Phi) is 6.37. The number of hydrogen-bond acceptors (Lipinski definition) is 6. The monoisotopic (exact) mass is 433 g/mol. The number of carbonyl (C=O) groups is 1. The molecular formula is C23H23N5O2S. The van der Waals surface area contributed by atoms with Crippen molar-refractivity contribution in [1.82, 2.24) is 14.8 Å². The molecule has 4 rings (SSSR count). The number of para-hydroxylation sites is 1. The van der Waals surface area contributed by atoms with E-state index in [0.717, 1.165) is 16.9 Å².